The summed E-state index contributed by atoms with van der Waals surface area (Å²) in [6, 6.07) is 2.61. The number of carbonyl (C=O) groups excluding carboxylic acids is 1. The van der Waals surface area contributed by atoms with E-state index < -0.39 is 23.7 Å². The molecular weight excluding hydrogens is 357 g/mol. The highest BCUT2D eigenvalue weighted by Gasteiger charge is 2.40. The Balaban J connectivity index is 2.06. The average Bonchev–Trinajstić information content (AvgIpc) is 2.88. The minimum absolute atomic E-state index is 0.00283. The number of fused-ring (bicyclic) bond motifs is 1. The van der Waals surface area contributed by atoms with Crippen LogP contribution in [-0.2, 0) is 12.6 Å². The second-order valence-corrected chi connectivity index (χ2v) is 6.85. The van der Waals surface area contributed by atoms with Crippen molar-refractivity contribution in [1.29, 1.82) is 0 Å². The van der Waals surface area contributed by atoms with Gasteiger partial charge < -0.3 is 10.1 Å². The molecule has 0 spiro atoms. The summed E-state index contributed by atoms with van der Waals surface area (Å²) < 4.78 is 68.4. The molecule has 4 nitrogen and oxygen atoms in total. The number of rotatable bonds is 3. The number of hydrogen-bond acceptors (Lipinski definition) is 2. The van der Waals surface area contributed by atoms with E-state index in [9.17, 15) is 26.7 Å². The van der Waals surface area contributed by atoms with Gasteiger partial charge in [0.15, 0.2) is 5.69 Å². The summed E-state index contributed by atoms with van der Waals surface area (Å²) in [7, 11) is 0. The molecule has 3 rings (SSSR count). The van der Waals surface area contributed by atoms with Crippen LogP contribution >= 0.6 is 0 Å². The summed E-state index contributed by atoms with van der Waals surface area (Å²) in [5.41, 5.74) is 4.54. The fraction of sp³-hybridized carbons (Fsp3) is 0.529. The molecule has 0 unspecified atom stereocenters. The number of amides is 1. The molecule has 1 aliphatic carbocycles. The predicted octanol–water partition coefficient (Wildman–Crippen LogP) is 4.13. The quantitative estimate of drug-likeness (QED) is 0.820. The summed E-state index contributed by atoms with van der Waals surface area (Å²) in [4.78, 5) is 15.0. The van der Waals surface area contributed by atoms with E-state index in [1.54, 1.807) is 6.92 Å². The van der Waals surface area contributed by atoms with E-state index in [2.05, 4.69) is 4.98 Å². The number of nitrogens with zero attached hydrogens (tertiary/aromatic N) is 2. The summed E-state index contributed by atoms with van der Waals surface area (Å²) >= 11 is 0. The SMILES string of the molecule is Cc1cc(C(N)=O)cc2nc(C(F)(F)F)c(CC3CCC(F)(F)CC3)n12. The van der Waals surface area contributed by atoms with Gasteiger partial charge in [0, 0.05) is 24.1 Å². The molecule has 1 aliphatic rings. The van der Waals surface area contributed by atoms with E-state index in [0.717, 1.165) is 0 Å². The second kappa shape index (κ2) is 6.21. The summed E-state index contributed by atoms with van der Waals surface area (Å²) in [5, 5.41) is 0. The van der Waals surface area contributed by atoms with E-state index in [1.807, 2.05) is 0 Å². The lowest BCUT2D eigenvalue weighted by molar-refractivity contribution is -0.141. The van der Waals surface area contributed by atoms with Crippen LogP contribution in [0.1, 0.15) is 53.1 Å². The Morgan fingerprint density at radius 3 is 2.46 bits per heavy atom. The first-order chi connectivity index (χ1) is 12.0. The number of aryl methyl sites for hydroxylation is 1. The van der Waals surface area contributed by atoms with Gasteiger partial charge in [-0.2, -0.15) is 13.2 Å². The molecule has 2 aromatic heterocycles. The zero-order valence-corrected chi connectivity index (χ0v) is 14.0. The Morgan fingerprint density at radius 1 is 1.31 bits per heavy atom. The lowest BCUT2D eigenvalue weighted by Gasteiger charge is -2.28. The highest BCUT2D eigenvalue weighted by molar-refractivity contribution is 5.93. The van der Waals surface area contributed by atoms with E-state index in [1.165, 1.54) is 16.5 Å². The largest absolute Gasteiger partial charge is 0.435 e. The molecule has 0 aromatic carbocycles. The fourth-order valence-electron chi connectivity index (χ4n) is 3.57. The van der Waals surface area contributed by atoms with Gasteiger partial charge in [-0.05, 0) is 44.2 Å². The van der Waals surface area contributed by atoms with Crippen LogP contribution in [0.25, 0.3) is 5.65 Å². The van der Waals surface area contributed by atoms with Gasteiger partial charge in [0.05, 0.1) is 5.69 Å². The van der Waals surface area contributed by atoms with Gasteiger partial charge in [0.1, 0.15) is 5.65 Å². The van der Waals surface area contributed by atoms with Crippen LogP contribution in [0.2, 0.25) is 0 Å². The molecule has 26 heavy (non-hydrogen) atoms. The third kappa shape index (κ3) is 3.52. The van der Waals surface area contributed by atoms with Crippen LogP contribution < -0.4 is 5.73 Å². The number of halogens is 5. The molecule has 0 bridgehead atoms. The maximum Gasteiger partial charge on any atom is 0.435 e. The summed E-state index contributed by atoms with van der Waals surface area (Å²) in [6.45, 7) is 1.56. The van der Waals surface area contributed by atoms with Crippen molar-refractivity contribution in [1.82, 2.24) is 9.38 Å². The Morgan fingerprint density at radius 2 is 1.92 bits per heavy atom. The van der Waals surface area contributed by atoms with E-state index in [-0.39, 0.29) is 54.9 Å². The average molecular weight is 375 g/mol. The molecule has 1 amide bonds. The van der Waals surface area contributed by atoms with Crippen LogP contribution in [0.3, 0.4) is 0 Å². The maximum atomic E-state index is 13.5. The molecular formula is C17H18F5N3O. The zero-order valence-electron chi connectivity index (χ0n) is 14.0. The molecule has 0 aliphatic heterocycles. The van der Waals surface area contributed by atoms with Crippen molar-refractivity contribution in [2.24, 2.45) is 11.7 Å². The van der Waals surface area contributed by atoms with Crippen LogP contribution in [-0.4, -0.2) is 21.2 Å². The van der Waals surface area contributed by atoms with Crippen molar-refractivity contribution in [3.05, 3.63) is 34.8 Å². The molecule has 0 radical (unpaired) electrons. The number of alkyl halides is 5. The lowest BCUT2D eigenvalue weighted by Crippen LogP contribution is -2.26. The minimum atomic E-state index is -4.68. The molecule has 1 fully saturated rings. The van der Waals surface area contributed by atoms with E-state index in [0.29, 0.717) is 5.69 Å². The van der Waals surface area contributed by atoms with Gasteiger partial charge in [-0.1, -0.05) is 0 Å². The van der Waals surface area contributed by atoms with Gasteiger partial charge in [0.25, 0.3) is 0 Å². The van der Waals surface area contributed by atoms with Crippen LogP contribution in [0, 0.1) is 12.8 Å². The van der Waals surface area contributed by atoms with E-state index >= 15 is 0 Å². The molecule has 9 heteroatoms. The monoisotopic (exact) mass is 375 g/mol. The van der Waals surface area contributed by atoms with Crippen molar-refractivity contribution < 1.29 is 26.7 Å². The number of hydrogen-bond donors (Lipinski definition) is 1. The van der Waals surface area contributed by atoms with Gasteiger partial charge in [-0.25, -0.2) is 13.8 Å². The Kier molecular flexibility index (Phi) is 4.44. The third-order valence-electron chi connectivity index (χ3n) is 4.87. The number of primary amides is 1. The van der Waals surface area contributed by atoms with Gasteiger partial charge >= 0.3 is 6.18 Å². The standard InChI is InChI=1S/C17H18F5N3O/c1-9-6-11(15(23)26)8-13-24-14(17(20,21)22)12(25(9)13)7-10-2-4-16(18,19)5-3-10/h6,8,10H,2-5,7H2,1H3,(H2,23,26). The maximum absolute atomic E-state index is 13.5. The highest BCUT2D eigenvalue weighted by Crippen LogP contribution is 2.40. The normalized spacial score (nSPS) is 18.4. The summed E-state index contributed by atoms with van der Waals surface area (Å²) in [5.74, 6) is -3.77. The van der Waals surface area contributed by atoms with Crippen molar-refractivity contribution in [2.75, 3.05) is 0 Å². The highest BCUT2D eigenvalue weighted by atomic mass is 19.4. The smallest absolute Gasteiger partial charge is 0.366 e. The molecule has 142 valence electrons. The molecule has 0 atom stereocenters. The Bertz CT molecular complexity index is 846. The van der Waals surface area contributed by atoms with Crippen LogP contribution in [0.5, 0.6) is 0 Å². The Hall–Kier alpha value is -2.19. The number of aromatic nitrogens is 2. The third-order valence-corrected chi connectivity index (χ3v) is 4.87. The minimum Gasteiger partial charge on any atom is -0.366 e. The first-order valence-electron chi connectivity index (χ1n) is 8.25. The fourth-order valence-corrected chi connectivity index (χ4v) is 3.57. The van der Waals surface area contributed by atoms with Gasteiger partial charge in [0.2, 0.25) is 11.8 Å². The molecule has 2 aromatic rings. The number of nitrogens with two attached hydrogens (primary N) is 1. The molecule has 2 heterocycles. The number of imidazole rings is 1. The number of pyridine rings is 1. The van der Waals surface area contributed by atoms with Crippen LogP contribution in [0.4, 0.5) is 22.0 Å². The van der Waals surface area contributed by atoms with Crippen molar-refractivity contribution in [3.8, 4) is 0 Å². The molecule has 1 saturated carbocycles. The summed E-state index contributed by atoms with van der Waals surface area (Å²) in [6.07, 6.45) is -4.99. The number of carbonyl (C=O) groups is 1. The topological polar surface area (TPSA) is 60.4 Å². The van der Waals surface area contributed by atoms with Crippen molar-refractivity contribution in [2.45, 2.75) is 51.1 Å². The van der Waals surface area contributed by atoms with Crippen molar-refractivity contribution in [3.63, 3.8) is 0 Å². The van der Waals surface area contributed by atoms with Crippen molar-refractivity contribution >= 4 is 11.6 Å². The first kappa shape index (κ1) is 18.6. The Labute approximate surface area is 146 Å². The predicted molar refractivity (Wildman–Crippen MR) is 84.1 cm³/mol. The first-order valence-corrected chi connectivity index (χ1v) is 8.25. The molecule has 2 N–H and O–H groups in total. The van der Waals surface area contributed by atoms with Gasteiger partial charge in [-0.15, -0.1) is 0 Å². The van der Waals surface area contributed by atoms with Crippen LogP contribution in [0.15, 0.2) is 12.1 Å². The van der Waals surface area contributed by atoms with Gasteiger partial charge in [-0.3, -0.25) is 4.79 Å². The van der Waals surface area contributed by atoms with E-state index in [4.69, 9.17) is 5.73 Å². The molecule has 0 saturated heterocycles. The zero-order chi connectivity index (χ0) is 19.3. The lowest BCUT2D eigenvalue weighted by atomic mass is 9.83. The second-order valence-electron chi connectivity index (χ2n) is 6.85.